The Balaban J connectivity index is 2.44. The highest BCUT2D eigenvalue weighted by Gasteiger charge is 2.31. The van der Waals surface area contributed by atoms with E-state index >= 15 is 0 Å². The second kappa shape index (κ2) is 12.8. The number of benzene rings is 2. The smallest absolute Gasteiger partial charge is 0.244 e. The van der Waals surface area contributed by atoms with Crippen LogP contribution in [0.1, 0.15) is 32.8 Å². The van der Waals surface area contributed by atoms with Crippen molar-refractivity contribution in [2.24, 2.45) is 5.92 Å². The van der Waals surface area contributed by atoms with Gasteiger partial charge in [0.25, 0.3) is 0 Å². The summed E-state index contributed by atoms with van der Waals surface area (Å²) in [5, 5.41) is 3.87. The normalized spacial score (nSPS) is 12.3. The van der Waals surface area contributed by atoms with E-state index in [-0.39, 0.29) is 24.1 Å². The Hall–Kier alpha value is -2.00. The van der Waals surface area contributed by atoms with Gasteiger partial charge < -0.3 is 10.2 Å². The van der Waals surface area contributed by atoms with Crippen molar-refractivity contribution >= 4 is 62.3 Å². The Bertz CT molecular complexity index is 1160. The lowest BCUT2D eigenvalue weighted by molar-refractivity contribution is -0.140. The molecule has 0 spiro atoms. The Morgan fingerprint density at radius 1 is 1.03 bits per heavy atom. The largest absolute Gasteiger partial charge is 0.354 e. The van der Waals surface area contributed by atoms with Crippen LogP contribution < -0.4 is 9.62 Å². The highest BCUT2D eigenvalue weighted by atomic mass is 35.5. The van der Waals surface area contributed by atoms with E-state index in [2.05, 4.69) is 5.32 Å². The number of amides is 2. The van der Waals surface area contributed by atoms with Gasteiger partial charge in [0.2, 0.25) is 21.8 Å². The van der Waals surface area contributed by atoms with E-state index in [0.29, 0.717) is 33.6 Å². The Morgan fingerprint density at radius 3 is 2.26 bits per heavy atom. The monoisotopic (exact) mass is 561 g/mol. The first-order valence-electron chi connectivity index (χ1n) is 11.1. The number of sulfonamides is 1. The third-order valence-electron chi connectivity index (χ3n) is 5.18. The summed E-state index contributed by atoms with van der Waals surface area (Å²) in [4.78, 5) is 28.0. The number of anilines is 1. The zero-order chi connectivity index (χ0) is 26.3. The van der Waals surface area contributed by atoms with Crippen LogP contribution in [-0.4, -0.2) is 50.5 Å². The molecular formula is C24H30Cl3N3O4S. The molecule has 2 aromatic carbocycles. The average molecular weight is 563 g/mol. The minimum atomic E-state index is -3.83. The molecule has 0 saturated carbocycles. The van der Waals surface area contributed by atoms with E-state index in [1.807, 2.05) is 13.8 Å². The molecule has 0 bridgehead atoms. The van der Waals surface area contributed by atoms with Crippen molar-refractivity contribution in [2.45, 2.75) is 39.8 Å². The van der Waals surface area contributed by atoms with Gasteiger partial charge in [-0.3, -0.25) is 13.9 Å². The third-order valence-corrected chi connectivity index (χ3v) is 7.30. The van der Waals surface area contributed by atoms with E-state index in [4.69, 9.17) is 34.8 Å². The molecular weight excluding hydrogens is 533 g/mol. The number of nitrogens with zero attached hydrogens (tertiary/aromatic N) is 2. The average Bonchev–Trinajstić information content (AvgIpc) is 2.77. The standard InChI is InChI=1S/C24H30Cl3N3O4S/c1-5-22(24(32)28-13-16(2)3)29(14-17-9-10-20(26)21(27)11-17)23(31)15-30(35(4,33)34)19-8-6-7-18(25)12-19/h6-12,16,22H,5,13-15H2,1-4H3,(H,28,32). The van der Waals surface area contributed by atoms with Crippen LogP contribution in [0, 0.1) is 5.92 Å². The number of carbonyl (C=O) groups is 2. The molecule has 1 unspecified atom stereocenters. The molecule has 0 fully saturated rings. The molecule has 0 saturated heterocycles. The van der Waals surface area contributed by atoms with E-state index in [0.717, 1.165) is 10.6 Å². The molecule has 0 aliphatic rings. The molecule has 0 heterocycles. The van der Waals surface area contributed by atoms with Gasteiger partial charge in [-0.1, -0.05) is 67.7 Å². The predicted octanol–water partition coefficient (Wildman–Crippen LogP) is 4.99. The number of rotatable bonds is 11. The van der Waals surface area contributed by atoms with Crippen molar-refractivity contribution in [3.05, 3.63) is 63.1 Å². The molecule has 2 aromatic rings. The predicted molar refractivity (Wildman–Crippen MR) is 143 cm³/mol. The molecule has 35 heavy (non-hydrogen) atoms. The van der Waals surface area contributed by atoms with Crippen molar-refractivity contribution in [2.75, 3.05) is 23.7 Å². The second-order valence-corrected chi connectivity index (χ2v) is 11.7. The van der Waals surface area contributed by atoms with Crippen LogP contribution in [0.2, 0.25) is 15.1 Å². The lowest BCUT2D eigenvalue weighted by atomic mass is 10.1. The molecule has 2 rings (SSSR count). The summed E-state index contributed by atoms with van der Waals surface area (Å²) in [6.07, 6.45) is 1.34. The number of hydrogen-bond acceptors (Lipinski definition) is 4. The van der Waals surface area contributed by atoms with Crippen molar-refractivity contribution in [3.63, 3.8) is 0 Å². The number of hydrogen-bond donors (Lipinski definition) is 1. The maximum Gasteiger partial charge on any atom is 0.244 e. The lowest BCUT2D eigenvalue weighted by Gasteiger charge is -2.33. The highest BCUT2D eigenvalue weighted by molar-refractivity contribution is 7.92. The van der Waals surface area contributed by atoms with Gasteiger partial charge >= 0.3 is 0 Å². The number of nitrogens with one attached hydrogen (secondary N) is 1. The summed E-state index contributed by atoms with van der Waals surface area (Å²) in [5.74, 6) is -0.643. The summed E-state index contributed by atoms with van der Waals surface area (Å²) in [6, 6.07) is 10.3. The molecule has 7 nitrogen and oxygen atoms in total. The molecule has 0 aliphatic heterocycles. The van der Waals surface area contributed by atoms with Gasteiger partial charge in [-0.25, -0.2) is 8.42 Å². The van der Waals surface area contributed by atoms with Crippen molar-refractivity contribution in [3.8, 4) is 0 Å². The molecule has 0 aromatic heterocycles. The minimum Gasteiger partial charge on any atom is -0.354 e. The molecule has 0 radical (unpaired) electrons. The fraction of sp³-hybridized carbons (Fsp3) is 0.417. The van der Waals surface area contributed by atoms with Crippen LogP contribution in [0.5, 0.6) is 0 Å². The molecule has 0 aliphatic carbocycles. The van der Waals surface area contributed by atoms with Crippen LogP contribution in [0.15, 0.2) is 42.5 Å². The maximum atomic E-state index is 13.6. The van der Waals surface area contributed by atoms with Gasteiger partial charge in [-0.15, -0.1) is 0 Å². The second-order valence-electron chi connectivity index (χ2n) is 8.58. The zero-order valence-electron chi connectivity index (χ0n) is 20.1. The first-order valence-corrected chi connectivity index (χ1v) is 14.1. The topological polar surface area (TPSA) is 86.8 Å². The molecule has 1 atom stereocenters. The van der Waals surface area contributed by atoms with Crippen LogP contribution in [0.4, 0.5) is 5.69 Å². The van der Waals surface area contributed by atoms with Gasteiger partial charge in [-0.05, 0) is 48.2 Å². The van der Waals surface area contributed by atoms with Crippen LogP contribution >= 0.6 is 34.8 Å². The van der Waals surface area contributed by atoms with E-state index in [1.54, 1.807) is 43.3 Å². The Kier molecular flexibility index (Phi) is 10.7. The summed E-state index contributed by atoms with van der Waals surface area (Å²) in [5.41, 5.74) is 0.900. The SMILES string of the molecule is CCC(C(=O)NCC(C)C)N(Cc1ccc(Cl)c(Cl)c1)C(=O)CN(c1cccc(Cl)c1)S(C)(=O)=O. The highest BCUT2D eigenvalue weighted by Crippen LogP contribution is 2.25. The Morgan fingerprint density at radius 2 is 1.71 bits per heavy atom. The number of halogens is 3. The fourth-order valence-electron chi connectivity index (χ4n) is 3.42. The molecule has 1 N–H and O–H groups in total. The van der Waals surface area contributed by atoms with Crippen molar-refractivity contribution in [1.82, 2.24) is 10.2 Å². The van der Waals surface area contributed by atoms with Gasteiger partial charge in [0.05, 0.1) is 22.0 Å². The Labute approximate surface area is 222 Å². The van der Waals surface area contributed by atoms with Gasteiger partial charge in [0.1, 0.15) is 12.6 Å². The molecule has 11 heteroatoms. The quantitative estimate of drug-likeness (QED) is 0.418. The van der Waals surface area contributed by atoms with E-state index in [9.17, 15) is 18.0 Å². The van der Waals surface area contributed by atoms with Gasteiger partial charge in [0.15, 0.2) is 0 Å². The van der Waals surface area contributed by atoms with Crippen LogP contribution in [-0.2, 0) is 26.2 Å². The summed E-state index contributed by atoms with van der Waals surface area (Å²) >= 11 is 18.2. The summed E-state index contributed by atoms with van der Waals surface area (Å²) in [7, 11) is -3.83. The third kappa shape index (κ3) is 8.56. The molecule has 192 valence electrons. The lowest BCUT2D eigenvalue weighted by Crippen LogP contribution is -2.52. The van der Waals surface area contributed by atoms with Crippen LogP contribution in [0.25, 0.3) is 0 Å². The first-order chi connectivity index (χ1) is 16.3. The zero-order valence-corrected chi connectivity index (χ0v) is 23.2. The van der Waals surface area contributed by atoms with Crippen molar-refractivity contribution in [1.29, 1.82) is 0 Å². The van der Waals surface area contributed by atoms with E-state index in [1.165, 1.54) is 11.0 Å². The maximum absolute atomic E-state index is 13.6. The van der Waals surface area contributed by atoms with Crippen molar-refractivity contribution < 1.29 is 18.0 Å². The minimum absolute atomic E-state index is 0.0382. The van der Waals surface area contributed by atoms with Gasteiger partial charge in [0, 0.05) is 18.1 Å². The summed E-state index contributed by atoms with van der Waals surface area (Å²) in [6.45, 7) is 5.71. The first kappa shape index (κ1) is 29.2. The number of carbonyl (C=O) groups excluding carboxylic acids is 2. The van der Waals surface area contributed by atoms with Gasteiger partial charge in [-0.2, -0.15) is 0 Å². The molecule has 2 amide bonds. The summed E-state index contributed by atoms with van der Waals surface area (Å²) < 4.78 is 26.2. The fourth-order valence-corrected chi connectivity index (χ4v) is 4.77. The van der Waals surface area contributed by atoms with E-state index < -0.39 is 28.5 Å². The van der Waals surface area contributed by atoms with Crippen LogP contribution in [0.3, 0.4) is 0 Å².